The molecule has 2 fully saturated rings. The summed E-state index contributed by atoms with van der Waals surface area (Å²) in [6.45, 7) is 0. The zero-order valence-electron chi connectivity index (χ0n) is 6.05. The third-order valence-electron chi connectivity index (χ3n) is 2.53. The second-order valence-corrected chi connectivity index (χ2v) is 3.29. The van der Waals surface area contributed by atoms with Gasteiger partial charge in [0, 0.05) is 6.04 Å². The summed E-state index contributed by atoms with van der Waals surface area (Å²) in [5, 5.41) is 0. The highest BCUT2D eigenvalue weighted by molar-refractivity contribution is 4.86. The number of rotatable bonds is 1. The molecule has 2 unspecified atom stereocenters. The molecule has 0 aliphatic carbocycles. The number of hydrogen-bond donors (Lipinski definition) is 2. The minimum atomic E-state index is 0.500. The number of nitrogens with one attached hydrogen (secondary N) is 1. The van der Waals surface area contributed by atoms with Gasteiger partial charge in [-0.25, -0.2) is 0 Å². The normalized spacial score (nSPS) is 45.9. The van der Waals surface area contributed by atoms with Gasteiger partial charge in [-0.3, -0.25) is 11.3 Å². The van der Waals surface area contributed by atoms with E-state index in [4.69, 9.17) is 10.6 Å². The molecule has 0 aromatic heterocycles. The Morgan fingerprint density at radius 2 is 1.80 bits per heavy atom. The minimum absolute atomic E-state index is 0.500. The van der Waals surface area contributed by atoms with E-state index in [0.29, 0.717) is 18.2 Å². The molecular formula is C7H14N2O. The molecule has 0 saturated carbocycles. The highest BCUT2D eigenvalue weighted by Crippen LogP contribution is 2.31. The molecule has 2 bridgehead atoms. The van der Waals surface area contributed by atoms with Gasteiger partial charge in [0.2, 0.25) is 0 Å². The van der Waals surface area contributed by atoms with Crippen LogP contribution in [-0.2, 0) is 4.74 Å². The van der Waals surface area contributed by atoms with Crippen LogP contribution in [0.4, 0.5) is 0 Å². The maximum atomic E-state index is 5.63. The molecule has 2 rings (SSSR count). The Hall–Kier alpha value is -0.120. The van der Waals surface area contributed by atoms with Crippen molar-refractivity contribution >= 4 is 0 Å². The number of fused-ring (bicyclic) bond motifs is 2. The monoisotopic (exact) mass is 142 g/mol. The molecule has 0 aromatic carbocycles. The Morgan fingerprint density at radius 1 is 1.20 bits per heavy atom. The second-order valence-electron chi connectivity index (χ2n) is 3.29. The first-order valence-corrected chi connectivity index (χ1v) is 4.00. The Labute approximate surface area is 60.9 Å². The highest BCUT2D eigenvalue weighted by Gasteiger charge is 2.34. The van der Waals surface area contributed by atoms with E-state index in [9.17, 15) is 0 Å². The van der Waals surface area contributed by atoms with Crippen molar-refractivity contribution in [3.05, 3.63) is 0 Å². The van der Waals surface area contributed by atoms with Crippen LogP contribution in [0.1, 0.15) is 25.7 Å². The SMILES string of the molecule is NNC1CC2CCC(C1)O2. The quantitative estimate of drug-likeness (QED) is 0.405. The van der Waals surface area contributed by atoms with E-state index in [2.05, 4.69) is 5.43 Å². The fourth-order valence-corrected chi connectivity index (χ4v) is 1.99. The zero-order chi connectivity index (χ0) is 6.97. The van der Waals surface area contributed by atoms with E-state index in [0.717, 1.165) is 12.8 Å². The van der Waals surface area contributed by atoms with E-state index in [-0.39, 0.29) is 0 Å². The largest absolute Gasteiger partial charge is 0.375 e. The van der Waals surface area contributed by atoms with Crippen molar-refractivity contribution in [2.45, 2.75) is 43.9 Å². The first-order valence-electron chi connectivity index (χ1n) is 4.00. The fraction of sp³-hybridized carbons (Fsp3) is 1.00. The summed E-state index contributed by atoms with van der Waals surface area (Å²) >= 11 is 0. The van der Waals surface area contributed by atoms with Gasteiger partial charge < -0.3 is 4.74 Å². The van der Waals surface area contributed by atoms with Gasteiger partial charge in [0.05, 0.1) is 12.2 Å². The van der Waals surface area contributed by atoms with Crippen LogP contribution in [0.2, 0.25) is 0 Å². The van der Waals surface area contributed by atoms with Crippen molar-refractivity contribution in [2.24, 2.45) is 5.84 Å². The van der Waals surface area contributed by atoms with E-state index < -0.39 is 0 Å². The first kappa shape index (κ1) is 6.58. The molecule has 0 spiro atoms. The van der Waals surface area contributed by atoms with Gasteiger partial charge in [0.15, 0.2) is 0 Å². The van der Waals surface area contributed by atoms with E-state index in [1.54, 1.807) is 0 Å². The van der Waals surface area contributed by atoms with Gasteiger partial charge in [-0.2, -0.15) is 0 Å². The molecule has 2 heterocycles. The van der Waals surface area contributed by atoms with Crippen LogP contribution in [0.5, 0.6) is 0 Å². The molecular weight excluding hydrogens is 128 g/mol. The highest BCUT2D eigenvalue weighted by atomic mass is 16.5. The van der Waals surface area contributed by atoms with Crippen LogP contribution in [-0.4, -0.2) is 18.2 Å². The van der Waals surface area contributed by atoms with Crippen molar-refractivity contribution < 1.29 is 4.74 Å². The van der Waals surface area contributed by atoms with Crippen LogP contribution >= 0.6 is 0 Å². The average molecular weight is 142 g/mol. The Balaban J connectivity index is 1.96. The smallest absolute Gasteiger partial charge is 0.0595 e. The molecule has 0 amide bonds. The lowest BCUT2D eigenvalue weighted by atomic mass is 10.1. The summed E-state index contributed by atoms with van der Waals surface area (Å²) in [6.07, 6.45) is 5.69. The van der Waals surface area contributed by atoms with E-state index >= 15 is 0 Å². The molecule has 3 nitrogen and oxygen atoms in total. The fourth-order valence-electron chi connectivity index (χ4n) is 1.99. The number of ether oxygens (including phenoxy) is 1. The van der Waals surface area contributed by atoms with Crippen LogP contribution in [0.15, 0.2) is 0 Å². The maximum absolute atomic E-state index is 5.63. The van der Waals surface area contributed by atoms with Crippen molar-refractivity contribution in [1.82, 2.24) is 5.43 Å². The molecule has 3 heteroatoms. The molecule has 2 aliphatic heterocycles. The van der Waals surface area contributed by atoms with Crippen LogP contribution < -0.4 is 11.3 Å². The van der Waals surface area contributed by atoms with Crippen molar-refractivity contribution in [3.8, 4) is 0 Å². The molecule has 2 saturated heterocycles. The molecule has 10 heavy (non-hydrogen) atoms. The lowest BCUT2D eigenvalue weighted by Crippen LogP contribution is -2.42. The van der Waals surface area contributed by atoms with Gasteiger partial charge in [-0.1, -0.05) is 0 Å². The maximum Gasteiger partial charge on any atom is 0.0595 e. The Bertz CT molecular complexity index is 117. The number of nitrogens with two attached hydrogens (primary N) is 1. The standard InChI is InChI=1S/C7H14N2O/c8-9-5-3-6-1-2-7(4-5)10-6/h5-7,9H,1-4,8H2. The number of hydrogen-bond acceptors (Lipinski definition) is 3. The van der Waals surface area contributed by atoms with E-state index in [1.807, 2.05) is 0 Å². The molecule has 0 aromatic rings. The van der Waals surface area contributed by atoms with Crippen LogP contribution in [0.3, 0.4) is 0 Å². The van der Waals surface area contributed by atoms with Crippen molar-refractivity contribution in [3.63, 3.8) is 0 Å². The summed E-state index contributed by atoms with van der Waals surface area (Å²) in [5.41, 5.74) is 2.82. The van der Waals surface area contributed by atoms with Gasteiger partial charge in [-0.15, -0.1) is 0 Å². The van der Waals surface area contributed by atoms with Crippen LogP contribution in [0.25, 0.3) is 0 Å². The topological polar surface area (TPSA) is 47.3 Å². The zero-order valence-corrected chi connectivity index (χ0v) is 6.05. The summed E-state index contributed by atoms with van der Waals surface area (Å²) < 4.78 is 5.63. The summed E-state index contributed by atoms with van der Waals surface area (Å²) in [4.78, 5) is 0. The Morgan fingerprint density at radius 3 is 2.30 bits per heavy atom. The second kappa shape index (κ2) is 2.49. The minimum Gasteiger partial charge on any atom is -0.375 e. The molecule has 2 atom stereocenters. The van der Waals surface area contributed by atoms with E-state index in [1.165, 1.54) is 12.8 Å². The number of hydrazine groups is 1. The molecule has 0 radical (unpaired) electrons. The first-order chi connectivity index (χ1) is 4.88. The third kappa shape index (κ3) is 1.05. The van der Waals surface area contributed by atoms with Gasteiger partial charge in [0.1, 0.15) is 0 Å². The van der Waals surface area contributed by atoms with Gasteiger partial charge in [-0.05, 0) is 25.7 Å². The third-order valence-corrected chi connectivity index (χ3v) is 2.53. The Kier molecular flexibility index (Phi) is 1.64. The van der Waals surface area contributed by atoms with Gasteiger partial charge >= 0.3 is 0 Å². The molecule has 2 aliphatic rings. The van der Waals surface area contributed by atoms with Crippen molar-refractivity contribution in [1.29, 1.82) is 0 Å². The molecule has 3 N–H and O–H groups in total. The summed E-state index contributed by atoms with van der Waals surface area (Å²) in [5.74, 6) is 5.35. The van der Waals surface area contributed by atoms with Crippen molar-refractivity contribution in [2.75, 3.05) is 0 Å². The summed E-state index contributed by atoms with van der Waals surface area (Å²) in [6, 6.07) is 0.506. The predicted molar refractivity (Wildman–Crippen MR) is 38.2 cm³/mol. The lowest BCUT2D eigenvalue weighted by Gasteiger charge is -2.27. The van der Waals surface area contributed by atoms with Crippen LogP contribution in [0, 0.1) is 0 Å². The average Bonchev–Trinajstić information content (AvgIpc) is 2.30. The predicted octanol–water partition coefficient (Wildman–Crippen LogP) is 0.160. The summed E-state index contributed by atoms with van der Waals surface area (Å²) in [7, 11) is 0. The molecule has 58 valence electrons. The lowest BCUT2D eigenvalue weighted by molar-refractivity contribution is -0.00859. The van der Waals surface area contributed by atoms with Gasteiger partial charge in [0.25, 0.3) is 0 Å².